The van der Waals surface area contributed by atoms with Gasteiger partial charge in [-0.15, -0.1) is 0 Å². The number of sulfone groups is 1. The van der Waals surface area contributed by atoms with E-state index in [2.05, 4.69) is 10.1 Å². The van der Waals surface area contributed by atoms with E-state index in [1.54, 1.807) is 0 Å². The maximum atomic E-state index is 14.5. The van der Waals surface area contributed by atoms with E-state index in [9.17, 15) is 17.2 Å². The minimum atomic E-state index is -3.50. The van der Waals surface area contributed by atoms with Gasteiger partial charge in [-0.2, -0.15) is 4.98 Å². The molecule has 2 rings (SSSR count). The minimum Gasteiger partial charge on any atom is -0.337 e. The predicted octanol–water partition coefficient (Wildman–Crippen LogP) is 2.82. The van der Waals surface area contributed by atoms with Crippen molar-refractivity contribution < 1.29 is 21.7 Å². The molecule has 5 nitrogen and oxygen atoms in total. The molecule has 0 spiro atoms. The van der Waals surface area contributed by atoms with E-state index in [0.717, 1.165) is 27.0 Å². The van der Waals surface area contributed by atoms with Crippen molar-refractivity contribution in [3.05, 3.63) is 11.7 Å². The van der Waals surface area contributed by atoms with Crippen molar-refractivity contribution >= 4 is 9.84 Å². The number of alkyl halides is 2. The zero-order valence-corrected chi connectivity index (χ0v) is 13.4. The van der Waals surface area contributed by atoms with E-state index < -0.39 is 31.7 Å². The Morgan fingerprint density at radius 3 is 2.14 bits per heavy atom. The van der Waals surface area contributed by atoms with Crippen LogP contribution in [0.5, 0.6) is 0 Å². The van der Waals surface area contributed by atoms with Crippen LogP contribution in [0, 0.1) is 0 Å². The smallest absolute Gasteiger partial charge is 0.248 e. The van der Waals surface area contributed by atoms with Gasteiger partial charge < -0.3 is 4.52 Å². The number of aromatic nitrogens is 2. The third kappa shape index (κ3) is 2.47. The summed E-state index contributed by atoms with van der Waals surface area (Å²) in [6, 6.07) is 0. The fourth-order valence-electron chi connectivity index (χ4n) is 2.55. The van der Waals surface area contributed by atoms with Crippen LogP contribution in [0.3, 0.4) is 0 Å². The molecule has 8 heteroatoms. The summed E-state index contributed by atoms with van der Waals surface area (Å²) in [5.74, 6) is -0.592. The SMILES string of the molecule is CC(C)(F)C(C)(F)c1noc(C2(S(C)(=O)=O)CCCC2)n1. The molecule has 1 unspecified atom stereocenters. The molecule has 1 aromatic rings. The highest BCUT2D eigenvalue weighted by atomic mass is 32.2. The van der Waals surface area contributed by atoms with E-state index in [4.69, 9.17) is 4.52 Å². The summed E-state index contributed by atoms with van der Waals surface area (Å²) in [4.78, 5) is 3.90. The van der Waals surface area contributed by atoms with Crippen molar-refractivity contribution in [2.45, 2.75) is 62.5 Å². The van der Waals surface area contributed by atoms with Gasteiger partial charge in [-0.05, 0) is 33.6 Å². The predicted molar refractivity (Wildman–Crippen MR) is 72.9 cm³/mol. The first kappa shape index (κ1) is 16.3. The molecule has 0 aromatic carbocycles. The van der Waals surface area contributed by atoms with Crippen molar-refractivity contribution in [2.75, 3.05) is 6.26 Å². The Bertz CT molecular complexity index is 626. The molecule has 0 N–H and O–H groups in total. The van der Waals surface area contributed by atoms with Gasteiger partial charge in [0.15, 0.2) is 14.6 Å². The summed E-state index contributed by atoms with van der Waals surface area (Å²) in [5, 5.41) is 3.49. The van der Waals surface area contributed by atoms with Gasteiger partial charge in [0.1, 0.15) is 5.67 Å². The Labute approximate surface area is 123 Å². The van der Waals surface area contributed by atoms with Crippen molar-refractivity contribution in [3.63, 3.8) is 0 Å². The molecule has 0 radical (unpaired) electrons. The molecule has 1 heterocycles. The molecule has 1 aliphatic carbocycles. The second kappa shape index (κ2) is 4.72. The largest absolute Gasteiger partial charge is 0.337 e. The molecule has 1 fully saturated rings. The van der Waals surface area contributed by atoms with Crippen LogP contribution in [-0.2, 0) is 20.3 Å². The molecule has 1 atom stereocenters. The quantitative estimate of drug-likeness (QED) is 0.852. The molecular formula is C13H20F2N2O3S. The topological polar surface area (TPSA) is 73.1 Å². The Balaban J connectivity index is 2.49. The molecule has 1 aliphatic rings. The minimum absolute atomic E-state index is 0.134. The van der Waals surface area contributed by atoms with Crippen LogP contribution < -0.4 is 0 Å². The molecule has 0 bridgehead atoms. The third-order valence-corrected chi connectivity index (χ3v) is 6.48. The first-order valence-electron chi connectivity index (χ1n) is 6.84. The van der Waals surface area contributed by atoms with Gasteiger partial charge in [0.2, 0.25) is 17.4 Å². The summed E-state index contributed by atoms with van der Waals surface area (Å²) >= 11 is 0. The zero-order valence-electron chi connectivity index (χ0n) is 12.6. The normalized spacial score (nSPS) is 22.2. The van der Waals surface area contributed by atoms with Crippen LogP contribution in [0.2, 0.25) is 0 Å². The van der Waals surface area contributed by atoms with Crippen LogP contribution in [0.1, 0.15) is 58.2 Å². The summed E-state index contributed by atoms with van der Waals surface area (Å²) in [5.41, 5.74) is -4.69. The van der Waals surface area contributed by atoms with E-state index in [-0.39, 0.29) is 5.89 Å². The molecule has 0 amide bonds. The van der Waals surface area contributed by atoms with Gasteiger partial charge in [-0.3, -0.25) is 0 Å². The average molecular weight is 322 g/mol. The molecule has 1 saturated carbocycles. The summed E-state index contributed by atoms with van der Waals surface area (Å²) in [7, 11) is -3.50. The lowest BCUT2D eigenvalue weighted by Crippen LogP contribution is -2.39. The van der Waals surface area contributed by atoms with Crippen molar-refractivity contribution in [1.82, 2.24) is 10.1 Å². The second-order valence-electron chi connectivity index (χ2n) is 6.37. The number of hydrogen-bond donors (Lipinski definition) is 0. The molecule has 1 aromatic heterocycles. The van der Waals surface area contributed by atoms with Crippen LogP contribution in [0.15, 0.2) is 4.52 Å². The van der Waals surface area contributed by atoms with Crippen molar-refractivity contribution in [3.8, 4) is 0 Å². The van der Waals surface area contributed by atoms with Crippen molar-refractivity contribution in [2.24, 2.45) is 0 Å². The highest BCUT2D eigenvalue weighted by molar-refractivity contribution is 7.91. The zero-order chi connectivity index (χ0) is 16.1. The van der Waals surface area contributed by atoms with Gasteiger partial charge in [0.05, 0.1) is 0 Å². The van der Waals surface area contributed by atoms with Gasteiger partial charge in [0.25, 0.3) is 0 Å². The Morgan fingerprint density at radius 1 is 1.19 bits per heavy atom. The molecule has 0 saturated heterocycles. The molecule has 0 aliphatic heterocycles. The first-order chi connectivity index (χ1) is 9.42. The van der Waals surface area contributed by atoms with Crippen LogP contribution in [-0.4, -0.2) is 30.5 Å². The summed E-state index contributed by atoms with van der Waals surface area (Å²) in [6.07, 6.45) is 3.25. The lowest BCUT2D eigenvalue weighted by atomic mass is 9.90. The van der Waals surface area contributed by atoms with E-state index in [0.29, 0.717) is 25.7 Å². The number of rotatable bonds is 4. The molecule has 21 heavy (non-hydrogen) atoms. The highest BCUT2D eigenvalue weighted by Crippen LogP contribution is 2.46. The van der Waals surface area contributed by atoms with Crippen LogP contribution >= 0.6 is 0 Å². The van der Waals surface area contributed by atoms with Crippen LogP contribution in [0.25, 0.3) is 0 Å². The van der Waals surface area contributed by atoms with Gasteiger partial charge in [-0.25, -0.2) is 17.2 Å². The van der Waals surface area contributed by atoms with Crippen molar-refractivity contribution in [1.29, 1.82) is 0 Å². The van der Waals surface area contributed by atoms with Crippen LogP contribution in [0.4, 0.5) is 8.78 Å². The standard InChI is InChI=1S/C13H20F2N2O3S/c1-11(2,14)12(3,15)9-16-10(20-17-9)13(21(4,18)19)7-5-6-8-13/h5-8H2,1-4H3. The maximum absolute atomic E-state index is 14.5. The molecular weight excluding hydrogens is 302 g/mol. The first-order valence-corrected chi connectivity index (χ1v) is 8.73. The Morgan fingerprint density at radius 2 is 1.71 bits per heavy atom. The number of halogens is 2. The fraction of sp³-hybridized carbons (Fsp3) is 0.846. The van der Waals surface area contributed by atoms with Gasteiger partial charge >= 0.3 is 0 Å². The summed E-state index contributed by atoms with van der Waals surface area (Å²) < 4.78 is 56.5. The summed E-state index contributed by atoms with van der Waals surface area (Å²) in [6.45, 7) is 3.17. The maximum Gasteiger partial charge on any atom is 0.248 e. The number of nitrogens with zero attached hydrogens (tertiary/aromatic N) is 2. The van der Waals surface area contributed by atoms with Gasteiger partial charge in [-0.1, -0.05) is 18.0 Å². The van der Waals surface area contributed by atoms with E-state index >= 15 is 0 Å². The lowest BCUT2D eigenvalue weighted by molar-refractivity contribution is -0.0126. The fourth-order valence-corrected chi connectivity index (χ4v) is 3.98. The number of hydrogen-bond acceptors (Lipinski definition) is 5. The highest BCUT2D eigenvalue weighted by Gasteiger charge is 2.52. The van der Waals surface area contributed by atoms with E-state index in [1.165, 1.54) is 0 Å². The third-order valence-electron chi connectivity index (χ3n) is 4.47. The Hall–Kier alpha value is -1.05. The lowest BCUT2D eigenvalue weighted by Gasteiger charge is -2.27. The Kier molecular flexibility index (Phi) is 3.67. The second-order valence-corrected chi connectivity index (χ2v) is 8.70. The molecule has 120 valence electrons. The van der Waals surface area contributed by atoms with E-state index in [1.807, 2.05) is 0 Å². The average Bonchev–Trinajstić information content (AvgIpc) is 2.96. The monoisotopic (exact) mass is 322 g/mol. The van der Waals surface area contributed by atoms with Gasteiger partial charge in [0, 0.05) is 6.26 Å².